The van der Waals surface area contributed by atoms with Gasteiger partial charge in [0.2, 0.25) is 5.91 Å². The van der Waals surface area contributed by atoms with E-state index in [1.807, 2.05) is 0 Å². The maximum atomic E-state index is 12.0. The van der Waals surface area contributed by atoms with Crippen molar-refractivity contribution in [3.63, 3.8) is 0 Å². The average molecular weight is 235 g/mol. The Labute approximate surface area is 100 Å². The van der Waals surface area contributed by atoms with Crippen LogP contribution < -0.4 is 5.73 Å². The first-order valence-corrected chi connectivity index (χ1v) is 5.81. The number of carbonyl (C=O) groups excluding carboxylic acids is 1. The first kappa shape index (κ1) is 11.9. The van der Waals surface area contributed by atoms with Crippen molar-refractivity contribution in [1.82, 2.24) is 9.88 Å². The van der Waals surface area contributed by atoms with Gasteiger partial charge in [0.25, 0.3) is 0 Å². The number of pyridine rings is 1. The van der Waals surface area contributed by atoms with Crippen molar-refractivity contribution in [2.45, 2.75) is 25.3 Å². The number of hydrogen-bond acceptors (Lipinski definition) is 4. The van der Waals surface area contributed by atoms with E-state index in [0.29, 0.717) is 11.4 Å². The van der Waals surface area contributed by atoms with E-state index in [-0.39, 0.29) is 25.0 Å². The molecule has 1 aromatic heterocycles. The normalized spacial score (nSPS) is 19.6. The Hall–Kier alpha value is -1.62. The summed E-state index contributed by atoms with van der Waals surface area (Å²) in [6, 6.07) is 3.48. The molecule has 0 saturated carbocycles. The van der Waals surface area contributed by atoms with Gasteiger partial charge in [0.1, 0.15) is 0 Å². The van der Waals surface area contributed by atoms with Crippen molar-refractivity contribution in [3.8, 4) is 0 Å². The molecule has 0 bridgehead atoms. The van der Waals surface area contributed by atoms with Crippen molar-refractivity contribution in [2.75, 3.05) is 18.9 Å². The molecule has 2 heterocycles. The van der Waals surface area contributed by atoms with Crippen LogP contribution in [0.3, 0.4) is 0 Å². The Bertz CT molecular complexity index is 391. The topological polar surface area (TPSA) is 79.5 Å². The van der Waals surface area contributed by atoms with E-state index in [1.54, 1.807) is 23.2 Å². The lowest BCUT2D eigenvalue weighted by atomic mass is 10.2. The van der Waals surface area contributed by atoms with Gasteiger partial charge in [-0.1, -0.05) is 0 Å². The van der Waals surface area contributed by atoms with Gasteiger partial charge in [-0.15, -0.1) is 0 Å². The lowest BCUT2D eigenvalue weighted by molar-refractivity contribution is -0.132. The Balaban J connectivity index is 1.99. The molecule has 1 aliphatic heterocycles. The molecule has 1 atom stereocenters. The van der Waals surface area contributed by atoms with E-state index < -0.39 is 0 Å². The predicted octanol–water partition coefficient (Wildman–Crippen LogP) is 0.190. The Kier molecular flexibility index (Phi) is 3.58. The number of nitrogen functional groups attached to an aromatic ring is 1. The summed E-state index contributed by atoms with van der Waals surface area (Å²) in [5, 5.41) is 9.16. The van der Waals surface area contributed by atoms with Crippen LogP contribution in [0.1, 0.15) is 18.5 Å². The van der Waals surface area contributed by atoms with Gasteiger partial charge in [-0.3, -0.25) is 9.78 Å². The number of rotatable bonds is 3. The lowest BCUT2D eigenvalue weighted by Crippen LogP contribution is -2.38. The average Bonchev–Trinajstić information content (AvgIpc) is 2.80. The zero-order chi connectivity index (χ0) is 12.3. The van der Waals surface area contributed by atoms with Crippen LogP contribution in [-0.4, -0.2) is 40.1 Å². The third kappa shape index (κ3) is 2.74. The highest BCUT2D eigenvalue weighted by molar-refractivity contribution is 5.79. The second kappa shape index (κ2) is 5.14. The van der Waals surface area contributed by atoms with E-state index in [0.717, 1.165) is 19.4 Å². The number of hydrogen-bond donors (Lipinski definition) is 2. The molecule has 0 radical (unpaired) electrons. The van der Waals surface area contributed by atoms with Crippen LogP contribution in [0.5, 0.6) is 0 Å². The molecule has 3 N–H and O–H groups in total. The van der Waals surface area contributed by atoms with Gasteiger partial charge in [0.15, 0.2) is 0 Å². The van der Waals surface area contributed by atoms with Crippen LogP contribution in [0.25, 0.3) is 0 Å². The minimum absolute atomic E-state index is 0.0173. The number of aliphatic hydroxyl groups is 1. The molecule has 17 heavy (non-hydrogen) atoms. The second-order valence-corrected chi connectivity index (χ2v) is 4.33. The van der Waals surface area contributed by atoms with Crippen LogP contribution in [0, 0.1) is 0 Å². The Morgan fingerprint density at radius 1 is 1.59 bits per heavy atom. The van der Waals surface area contributed by atoms with Crippen LogP contribution >= 0.6 is 0 Å². The van der Waals surface area contributed by atoms with Crippen molar-refractivity contribution in [3.05, 3.63) is 24.0 Å². The highest BCUT2D eigenvalue weighted by Crippen LogP contribution is 2.17. The minimum Gasteiger partial charge on any atom is -0.397 e. The SMILES string of the molecule is Nc1ccc(CC(=O)N2CCC[C@@H]2CO)nc1. The fourth-order valence-electron chi connectivity index (χ4n) is 2.15. The molecule has 1 saturated heterocycles. The van der Waals surface area contributed by atoms with Crippen molar-refractivity contribution >= 4 is 11.6 Å². The van der Waals surface area contributed by atoms with Crippen LogP contribution in [0.2, 0.25) is 0 Å². The largest absolute Gasteiger partial charge is 0.397 e. The first-order chi connectivity index (χ1) is 8.20. The highest BCUT2D eigenvalue weighted by Gasteiger charge is 2.27. The molecule has 0 aromatic carbocycles. The number of nitrogens with two attached hydrogens (primary N) is 1. The standard InChI is InChI=1S/C12H17N3O2/c13-9-3-4-10(14-7-9)6-12(17)15-5-1-2-11(15)8-16/h3-4,7,11,16H,1-2,5-6,8,13H2/t11-/m1/s1. The molecule has 1 fully saturated rings. The molecule has 92 valence electrons. The molecule has 1 aromatic rings. The smallest absolute Gasteiger partial charge is 0.228 e. The maximum absolute atomic E-state index is 12.0. The number of nitrogens with zero attached hydrogens (tertiary/aromatic N) is 2. The van der Waals surface area contributed by atoms with E-state index in [9.17, 15) is 4.79 Å². The molecule has 1 aliphatic rings. The van der Waals surface area contributed by atoms with Gasteiger partial charge in [-0.25, -0.2) is 0 Å². The summed E-state index contributed by atoms with van der Waals surface area (Å²) < 4.78 is 0. The molecular formula is C12H17N3O2. The van der Waals surface area contributed by atoms with Gasteiger partial charge in [-0.05, 0) is 25.0 Å². The molecule has 1 amide bonds. The lowest BCUT2D eigenvalue weighted by Gasteiger charge is -2.22. The van der Waals surface area contributed by atoms with Crippen LogP contribution in [0.4, 0.5) is 5.69 Å². The molecule has 0 unspecified atom stereocenters. The molecular weight excluding hydrogens is 218 g/mol. The summed E-state index contributed by atoms with van der Waals surface area (Å²) in [6.07, 6.45) is 3.68. The number of anilines is 1. The zero-order valence-electron chi connectivity index (χ0n) is 9.67. The molecule has 0 aliphatic carbocycles. The monoisotopic (exact) mass is 235 g/mol. The van der Waals surface area contributed by atoms with Crippen LogP contribution in [-0.2, 0) is 11.2 Å². The maximum Gasteiger partial charge on any atom is 0.228 e. The number of amides is 1. The third-order valence-corrected chi connectivity index (χ3v) is 3.09. The Morgan fingerprint density at radius 2 is 2.41 bits per heavy atom. The molecule has 5 nitrogen and oxygen atoms in total. The quantitative estimate of drug-likeness (QED) is 0.783. The second-order valence-electron chi connectivity index (χ2n) is 4.33. The molecule has 0 spiro atoms. The van der Waals surface area contributed by atoms with Crippen LogP contribution in [0.15, 0.2) is 18.3 Å². The minimum atomic E-state index is -0.0173. The van der Waals surface area contributed by atoms with Crippen molar-refractivity contribution in [2.24, 2.45) is 0 Å². The van der Waals surface area contributed by atoms with Gasteiger partial charge in [0, 0.05) is 12.2 Å². The summed E-state index contributed by atoms with van der Waals surface area (Å²) >= 11 is 0. The summed E-state index contributed by atoms with van der Waals surface area (Å²) in [5.41, 5.74) is 6.84. The first-order valence-electron chi connectivity index (χ1n) is 5.81. The molecule has 2 rings (SSSR count). The van der Waals surface area contributed by atoms with E-state index in [2.05, 4.69) is 4.98 Å². The summed E-state index contributed by atoms with van der Waals surface area (Å²) in [7, 11) is 0. The van der Waals surface area contributed by atoms with Gasteiger partial charge in [0.05, 0.1) is 31.0 Å². The molecule has 5 heteroatoms. The number of aromatic nitrogens is 1. The number of carbonyl (C=O) groups is 1. The van der Waals surface area contributed by atoms with Gasteiger partial charge >= 0.3 is 0 Å². The number of likely N-dealkylation sites (tertiary alicyclic amines) is 1. The fourth-order valence-corrected chi connectivity index (χ4v) is 2.15. The zero-order valence-corrected chi connectivity index (χ0v) is 9.67. The fraction of sp³-hybridized carbons (Fsp3) is 0.500. The highest BCUT2D eigenvalue weighted by atomic mass is 16.3. The van der Waals surface area contributed by atoms with E-state index in [4.69, 9.17) is 10.8 Å². The number of aliphatic hydroxyl groups excluding tert-OH is 1. The summed E-state index contributed by atoms with van der Waals surface area (Å²) in [4.78, 5) is 17.9. The summed E-state index contributed by atoms with van der Waals surface area (Å²) in [5.74, 6) is 0.0267. The van der Waals surface area contributed by atoms with Crippen molar-refractivity contribution in [1.29, 1.82) is 0 Å². The third-order valence-electron chi connectivity index (χ3n) is 3.09. The summed E-state index contributed by atoms with van der Waals surface area (Å²) in [6.45, 7) is 0.778. The van der Waals surface area contributed by atoms with E-state index in [1.165, 1.54) is 0 Å². The van der Waals surface area contributed by atoms with Gasteiger partial charge < -0.3 is 15.7 Å². The Morgan fingerprint density at radius 3 is 3.06 bits per heavy atom. The van der Waals surface area contributed by atoms with Crippen molar-refractivity contribution < 1.29 is 9.90 Å². The van der Waals surface area contributed by atoms with E-state index >= 15 is 0 Å². The predicted molar refractivity (Wildman–Crippen MR) is 64.2 cm³/mol. The van der Waals surface area contributed by atoms with Gasteiger partial charge in [-0.2, -0.15) is 0 Å².